The molecule has 41 heavy (non-hydrogen) atoms. The van der Waals surface area contributed by atoms with Crippen molar-refractivity contribution in [3.63, 3.8) is 0 Å². The Kier molecular flexibility index (Phi) is 9.24. The molecule has 1 aromatic heterocycles. The van der Waals surface area contributed by atoms with Crippen molar-refractivity contribution in [2.45, 2.75) is 64.5 Å². The zero-order valence-corrected chi connectivity index (χ0v) is 24.3. The predicted octanol–water partition coefficient (Wildman–Crippen LogP) is 5.95. The summed E-state index contributed by atoms with van der Waals surface area (Å²) >= 11 is 0. The summed E-state index contributed by atoms with van der Waals surface area (Å²) in [6, 6.07) is 15.9. The number of ether oxygens (including phenoxy) is 1. The van der Waals surface area contributed by atoms with Gasteiger partial charge in [0.2, 0.25) is 0 Å². The lowest BCUT2D eigenvalue weighted by Gasteiger charge is -2.39. The number of nitrogens with zero attached hydrogens (tertiary/aromatic N) is 3. The first-order chi connectivity index (χ1) is 20.1. The molecule has 0 radical (unpaired) electrons. The average Bonchev–Trinajstić information content (AvgIpc) is 3.69. The second kappa shape index (κ2) is 13.4. The van der Waals surface area contributed by atoms with Gasteiger partial charge in [0.25, 0.3) is 5.91 Å². The molecular formula is C34H46N4O3. The van der Waals surface area contributed by atoms with E-state index in [0.717, 1.165) is 41.0 Å². The lowest BCUT2D eigenvalue weighted by atomic mass is 9.83. The largest absolute Gasteiger partial charge is 0.492 e. The minimum Gasteiger partial charge on any atom is -0.492 e. The summed E-state index contributed by atoms with van der Waals surface area (Å²) < 4.78 is 8.21. The Bertz CT molecular complexity index is 1280. The molecule has 2 saturated heterocycles. The van der Waals surface area contributed by atoms with Crippen LogP contribution in [0.15, 0.2) is 54.7 Å². The fourth-order valence-corrected chi connectivity index (χ4v) is 7.57. The van der Waals surface area contributed by atoms with Gasteiger partial charge in [-0.2, -0.15) is 0 Å². The van der Waals surface area contributed by atoms with Crippen LogP contribution in [0, 0.1) is 17.8 Å². The Balaban J connectivity index is 0.931. The summed E-state index contributed by atoms with van der Waals surface area (Å²) in [5.74, 6) is 3.30. The van der Waals surface area contributed by atoms with Gasteiger partial charge in [0, 0.05) is 30.4 Å². The van der Waals surface area contributed by atoms with Gasteiger partial charge in [-0.25, -0.2) is 5.48 Å². The lowest BCUT2D eigenvalue weighted by molar-refractivity contribution is 0.0706. The monoisotopic (exact) mass is 558 g/mol. The van der Waals surface area contributed by atoms with Crippen LogP contribution in [-0.4, -0.2) is 64.8 Å². The van der Waals surface area contributed by atoms with E-state index < -0.39 is 5.91 Å². The first-order valence-corrected chi connectivity index (χ1v) is 15.8. The molecule has 1 aliphatic carbocycles. The van der Waals surface area contributed by atoms with Crippen LogP contribution in [0.3, 0.4) is 0 Å². The number of hydroxylamine groups is 1. The molecular weight excluding hydrogens is 512 g/mol. The van der Waals surface area contributed by atoms with E-state index in [2.05, 4.69) is 32.6 Å². The van der Waals surface area contributed by atoms with E-state index in [-0.39, 0.29) is 0 Å². The van der Waals surface area contributed by atoms with Crippen molar-refractivity contribution in [2.75, 3.05) is 39.3 Å². The van der Waals surface area contributed by atoms with E-state index in [0.29, 0.717) is 18.7 Å². The number of likely N-dealkylation sites (tertiary alicyclic amines) is 2. The normalized spacial score (nSPS) is 20.1. The summed E-state index contributed by atoms with van der Waals surface area (Å²) in [4.78, 5) is 17.2. The molecule has 3 fully saturated rings. The van der Waals surface area contributed by atoms with Crippen molar-refractivity contribution in [1.29, 1.82) is 0 Å². The highest BCUT2D eigenvalue weighted by molar-refractivity contribution is 5.97. The third kappa shape index (κ3) is 7.14. The molecule has 2 aromatic carbocycles. The molecule has 2 aliphatic heterocycles. The summed E-state index contributed by atoms with van der Waals surface area (Å²) in [5.41, 5.74) is 4.39. The number of carbonyl (C=O) groups excluding carboxylic acids is 1. The fourth-order valence-electron chi connectivity index (χ4n) is 7.57. The van der Waals surface area contributed by atoms with E-state index in [9.17, 15) is 4.79 Å². The zero-order chi connectivity index (χ0) is 28.0. The summed E-state index contributed by atoms with van der Waals surface area (Å²) in [7, 11) is 0. The second-order valence-electron chi connectivity index (χ2n) is 12.6. The van der Waals surface area contributed by atoms with Gasteiger partial charge in [-0.15, -0.1) is 0 Å². The van der Waals surface area contributed by atoms with E-state index in [1.165, 1.54) is 89.7 Å². The van der Waals surface area contributed by atoms with E-state index in [4.69, 9.17) is 9.94 Å². The zero-order valence-electron chi connectivity index (χ0n) is 24.3. The highest BCUT2D eigenvalue weighted by Crippen LogP contribution is 2.37. The molecule has 3 aromatic rings. The number of piperidine rings is 2. The molecule has 1 saturated carbocycles. The second-order valence-corrected chi connectivity index (χ2v) is 12.6. The van der Waals surface area contributed by atoms with Crippen LogP contribution in [0.4, 0.5) is 0 Å². The van der Waals surface area contributed by atoms with Crippen LogP contribution in [0.5, 0.6) is 5.75 Å². The molecule has 7 nitrogen and oxygen atoms in total. The molecule has 0 spiro atoms. The van der Waals surface area contributed by atoms with E-state index in [1.54, 1.807) is 17.6 Å². The third-order valence-corrected chi connectivity index (χ3v) is 9.97. The van der Waals surface area contributed by atoms with E-state index in [1.807, 2.05) is 24.4 Å². The third-order valence-electron chi connectivity index (χ3n) is 9.97. The van der Waals surface area contributed by atoms with Crippen molar-refractivity contribution in [2.24, 2.45) is 17.8 Å². The molecule has 7 heteroatoms. The van der Waals surface area contributed by atoms with E-state index >= 15 is 0 Å². The molecule has 0 unspecified atom stereocenters. The number of hydrogen-bond acceptors (Lipinski definition) is 5. The van der Waals surface area contributed by atoms with Gasteiger partial charge in [0.15, 0.2) is 0 Å². The lowest BCUT2D eigenvalue weighted by Crippen LogP contribution is -2.42. The number of hydrogen-bond donors (Lipinski definition) is 2. The van der Waals surface area contributed by atoms with Crippen LogP contribution < -0.4 is 10.2 Å². The number of carbonyl (C=O) groups is 1. The fraction of sp³-hybridized carbons (Fsp3) is 0.559. The molecule has 1 amide bonds. The maximum absolute atomic E-state index is 11.8. The van der Waals surface area contributed by atoms with Crippen molar-refractivity contribution in [3.05, 3.63) is 65.9 Å². The molecule has 3 aliphatic rings. The smallest absolute Gasteiger partial charge is 0.274 e. The molecule has 0 bridgehead atoms. The highest BCUT2D eigenvalue weighted by Gasteiger charge is 2.30. The summed E-state index contributed by atoms with van der Waals surface area (Å²) in [6.45, 7) is 8.52. The van der Waals surface area contributed by atoms with Gasteiger partial charge in [0.1, 0.15) is 12.4 Å². The van der Waals surface area contributed by atoms with Crippen LogP contribution in [-0.2, 0) is 13.1 Å². The highest BCUT2D eigenvalue weighted by atomic mass is 16.5. The number of nitrogens with one attached hydrogen (secondary N) is 1. The Labute approximate surface area is 244 Å². The molecule has 0 atom stereocenters. The summed E-state index contributed by atoms with van der Waals surface area (Å²) in [5, 5.41) is 10.0. The average molecular weight is 559 g/mol. The topological polar surface area (TPSA) is 70.0 Å². The molecule has 3 heterocycles. The number of fused-ring (bicyclic) bond motifs is 1. The van der Waals surface area contributed by atoms with Crippen LogP contribution >= 0.6 is 0 Å². The van der Waals surface area contributed by atoms with Crippen molar-refractivity contribution < 1.29 is 14.7 Å². The van der Waals surface area contributed by atoms with Gasteiger partial charge in [0.05, 0.1) is 6.54 Å². The standard InChI is InChI=1S/C34H46N4O3/c39-34(35-40)31-9-8-30-14-19-38(33(30)23-31)20-21-41-32-7-3-4-27(22-32)25-36-15-10-26(11-16-36)24-37-17-12-29(13-18-37)28-5-1-2-6-28/h3-4,7-9,14,19,22-23,26,28-29,40H,1-2,5-6,10-13,15-18,20-21,24-25H2,(H,35,39). The molecule has 220 valence electrons. The summed E-state index contributed by atoms with van der Waals surface area (Å²) in [6.07, 6.45) is 13.5. The van der Waals surface area contributed by atoms with Gasteiger partial charge in [-0.05, 0) is 111 Å². The van der Waals surface area contributed by atoms with Crippen molar-refractivity contribution in [1.82, 2.24) is 19.8 Å². The number of amides is 1. The Morgan fingerprint density at radius 2 is 1.63 bits per heavy atom. The molecule has 6 rings (SSSR count). The maximum atomic E-state index is 11.8. The van der Waals surface area contributed by atoms with Crippen molar-refractivity contribution in [3.8, 4) is 5.75 Å². The minimum atomic E-state index is -0.508. The van der Waals surface area contributed by atoms with Gasteiger partial charge in [-0.1, -0.05) is 43.9 Å². The number of benzene rings is 2. The first kappa shape index (κ1) is 28.3. The van der Waals surface area contributed by atoms with Crippen LogP contribution in [0.25, 0.3) is 10.9 Å². The predicted molar refractivity (Wildman–Crippen MR) is 162 cm³/mol. The number of aromatic nitrogens is 1. The quantitative estimate of drug-likeness (QED) is 0.238. The Hall–Kier alpha value is -2.87. The van der Waals surface area contributed by atoms with Gasteiger partial charge < -0.3 is 14.2 Å². The van der Waals surface area contributed by atoms with Crippen molar-refractivity contribution >= 4 is 16.8 Å². The minimum absolute atomic E-state index is 0.428. The molecule has 2 N–H and O–H groups in total. The first-order valence-electron chi connectivity index (χ1n) is 15.8. The maximum Gasteiger partial charge on any atom is 0.274 e. The Morgan fingerprint density at radius 3 is 2.41 bits per heavy atom. The number of rotatable bonds is 10. The van der Waals surface area contributed by atoms with Gasteiger partial charge >= 0.3 is 0 Å². The van der Waals surface area contributed by atoms with Crippen LogP contribution in [0.2, 0.25) is 0 Å². The SMILES string of the molecule is O=C(NO)c1ccc2ccn(CCOc3cccc(CN4CCC(CN5CCC(C6CCCC6)CC5)CC4)c3)c2c1. The van der Waals surface area contributed by atoms with Crippen LogP contribution in [0.1, 0.15) is 67.3 Å². The Morgan fingerprint density at radius 1 is 0.878 bits per heavy atom. The van der Waals surface area contributed by atoms with Gasteiger partial charge in [-0.3, -0.25) is 14.9 Å².